The molecule has 0 saturated heterocycles. The molecule has 3 aromatic rings. The van der Waals surface area contributed by atoms with E-state index >= 15 is 0 Å². The van der Waals surface area contributed by atoms with Gasteiger partial charge in [-0.2, -0.15) is 0 Å². The summed E-state index contributed by atoms with van der Waals surface area (Å²) in [6.45, 7) is 0. The van der Waals surface area contributed by atoms with Gasteiger partial charge in [-0.05, 0) is 52.4 Å². The maximum absolute atomic E-state index is 12.2. The molecule has 122 valence electrons. The Hall–Kier alpha value is -3.07. The van der Waals surface area contributed by atoms with Crippen molar-refractivity contribution in [3.63, 3.8) is 0 Å². The standard InChI is InChI=1S/C22H16O3/c1-24-16-7-9-19-20(12-16)21(25-22(19)23)14-6-8-18-15(11-14)10-13-4-2-3-5-17(13)18/h2-9,11-12,21H,10H2,1H3. The van der Waals surface area contributed by atoms with Crippen molar-refractivity contribution in [2.75, 3.05) is 7.11 Å². The molecule has 0 bridgehead atoms. The Morgan fingerprint density at radius 3 is 2.60 bits per heavy atom. The highest BCUT2D eigenvalue weighted by Crippen LogP contribution is 2.42. The summed E-state index contributed by atoms with van der Waals surface area (Å²) in [4.78, 5) is 12.2. The van der Waals surface area contributed by atoms with Crippen LogP contribution in [0, 0.1) is 0 Å². The summed E-state index contributed by atoms with van der Waals surface area (Å²) in [5, 5.41) is 0. The van der Waals surface area contributed by atoms with Crippen LogP contribution >= 0.6 is 0 Å². The second kappa shape index (κ2) is 5.21. The van der Waals surface area contributed by atoms with Gasteiger partial charge in [-0.25, -0.2) is 4.79 Å². The number of carbonyl (C=O) groups excluding carboxylic acids is 1. The number of ether oxygens (including phenoxy) is 2. The molecule has 3 nitrogen and oxygen atoms in total. The quantitative estimate of drug-likeness (QED) is 0.507. The van der Waals surface area contributed by atoms with E-state index in [4.69, 9.17) is 9.47 Å². The van der Waals surface area contributed by atoms with Gasteiger partial charge in [0.15, 0.2) is 6.10 Å². The fourth-order valence-corrected chi connectivity index (χ4v) is 3.88. The molecule has 1 aliphatic carbocycles. The Balaban J connectivity index is 1.59. The lowest BCUT2D eigenvalue weighted by Crippen LogP contribution is -2.01. The lowest BCUT2D eigenvalue weighted by atomic mass is 9.95. The summed E-state index contributed by atoms with van der Waals surface area (Å²) in [5.74, 6) is 0.460. The van der Waals surface area contributed by atoms with Gasteiger partial charge in [0.2, 0.25) is 0 Å². The Labute approximate surface area is 145 Å². The predicted octanol–water partition coefficient (Wildman–Crippen LogP) is 4.53. The maximum atomic E-state index is 12.2. The van der Waals surface area contributed by atoms with Gasteiger partial charge in [0.25, 0.3) is 0 Å². The Morgan fingerprint density at radius 1 is 0.920 bits per heavy atom. The molecule has 25 heavy (non-hydrogen) atoms. The first-order valence-electron chi connectivity index (χ1n) is 8.34. The van der Waals surface area contributed by atoms with Gasteiger partial charge in [-0.1, -0.05) is 42.5 Å². The molecule has 5 rings (SSSR count). The van der Waals surface area contributed by atoms with E-state index in [-0.39, 0.29) is 12.1 Å². The van der Waals surface area contributed by atoms with E-state index < -0.39 is 0 Å². The molecule has 0 amide bonds. The molecule has 1 unspecified atom stereocenters. The molecule has 0 aromatic heterocycles. The topological polar surface area (TPSA) is 35.5 Å². The largest absolute Gasteiger partial charge is 0.497 e. The molecule has 0 N–H and O–H groups in total. The zero-order valence-corrected chi connectivity index (χ0v) is 13.8. The molecule has 1 atom stereocenters. The fourth-order valence-electron chi connectivity index (χ4n) is 3.88. The molecule has 1 heterocycles. The lowest BCUT2D eigenvalue weighted by molar-refractivity contribution is 0.0455. The fraction of sp³-hybridized carbons (Fsp3) is 0.136. The third-order valence-corrected chi connectivity index (χ3v) is 5.11. The van der Waals surface area contributed by atoms with Crippen molar-refractivity contribution >= 4 is 5.97 Å². The molecular weight excluding hydrogens is 312 g/mol. The van der Waals surface area contributed by atoms with E-state index in [9.17, 15) is 4.79 Å². The first kappa shape index (κ1) is 14.3. The summed E-state index contributed by atoms with van der Waals surface area (Å²) < 4.78 is 11.0. The number of esters is 1. The summed E-state index contributed by atoms with van der Waals surface area (Å²) in [6, 6.07) is 20.3. The average molecular weight is 328 g/mol. The summed E-state index contributed by atoms with van der Waals surface area (Å²) >= 11 is 0. The predicted molar refractivity (Wildman–Crippen MR) is 94.9 cm³/mol. The molecule has 3 heteroatoms. The van der Waals surface area contributed by atoms with Crippen molar-refractivity contribution in [1.82, 2.24) is 0 Å². The zero-order chi connectivity index (χ0) is 17.0. The van der Waals surface area contributed by atoms with E-state index in [1.165, 1.54) is 22.3 Å². The second-order valence-electron chi connectivity index (χ2n) is 6.49. The minimum absolute atomic E-state index is 0.272. The van der Waals surface area contributed by atoms with Gasteiger partial charge in [0.1, 0.15) is 5.75 Å². The number of hydrogen-bond acceptors (Lipinski definition) is 3. The normalized spacial score (nSPS) is 16.8. The third kappa shape index (κ3) is 2.09. The highest BCUT2D eigenvalue weighted by atomic mass is 16.5. The van der Waals surface area contributed by atoms with Crippen molar-refractivity contribution in [2.24, 2.45) is 0 Å². The van der Waals surface area contributed by atoms with Gasteiger partial charge in [-0.15, -0.1) is 0 Å². The molecule has 2 aliphatic rings. The van der Waals surface area contributed by atoms with Crippen LogP contribution in [-0.2, 0) is 11.2 Å². The van der Waals surface area contributed by atoms with E-state index in [2.05, 4.69) is 42.5 Å². The first-order chi connectivity index (χ1) is 12.2. The number of hydrogen-bond donors (Lipinski definition) is 0. The Bertz CT molecular complexity index is 1020. The van der Waals surface area contributed by atoms with Crippen LogP contribution in [0.4, 0.5) is 0 Å². The van der Waals surface area contributed by atoms with Crippen molar-refractivity contribution in [3.05, 3.63) is 88.5 Å². The Morgan fingerprint density at radius 2 is 1.72 bits per heavy atom. The summed E-state index contributed by atoms with van der Waals surface area (Å²) in [5.41, 5.74) is 7.71. The number of benzene rings is 3. The molecule has 0 fully saturated rings. The SMILES string of the molecule is COc1ccc2c(c1)C(c1ccc3c(c1)Cc1ccccc1-3)OC2=O. The van der Waals surface area contributed by atoms with Gasteiger partial charge in [0, 0.05) is 5.56 Å². The monoisotopic (exact) mass is 328 g/mol. The highest BCUT2D eigenvalue weighted by molar-refractivity contribution is 5.95. The Kier molecular flexibility index (Phi) is 2.98. The number of cyclic esters (lactones) is 1. The van der Waals surface area contributed by atoms with E-state index in [0.29, 0.717) is 5.56 Å². The molecular formula is C22H16O3. The van der Waals surface area contributed by atoms with Crippen LogP contribution in [0.3, 0.4) is 0 Å². The molecule has 1 aliphatic heterocycles. The number of rotatable bonds is 2. The van der Waals surface area contributed by atoms with Crippen LogP contribution in [0.5, 0.6) is 5.75 Å². The molecule has 0 spiro atoms. The summed E-state index contributed by atoms with van der Waals surface area (Å²) in [7, 11) is 1.63. The van der Waals surface area contributed by atoms with Crippen LogP contribution in [0.1, 0.15) is 38.7 Å². The molecule has 3 aromatic carbocycles. The van der Waals surface area contributed by atoms with Gasteiger partial charge in [-0.3, -0.25) is 0 Å². The van der Waals surface area contributed by atoms with E-state index in [1.807, 2.05) is 6.07 Å². The maximum Gasteiger partial charge on any atom is 0.339 e. The lowest BCUT2D eigenvalue weighted by Gasteiger charge is -2.13. The minimum atomic E-state index is -0.369. The van der Waals surface area contributed by atoms with Crippen LogP contribution in [0.25, 0.3) is 11.1 Å². The molecule has 0 saturated carbocycles. The van der Waals surface area contributed by atoms with Gasteiger partial charge < -0.3 is 9.47 Å². The second-order valence-corrected chi connectivity index (χ2v) is 6.49. The zero-order valence-electron chi connectivity index (χ0n) is 13.8. The number of methoxy groups -OCH3 is 1. The smallest absolute Gasteiger partial charge is 0.339 e. The number of fused-ring (bicyclic) bond motifs is 4. The van der Waals surface area contributed by atoms with Crippen molar-refractivity contribution in [3.8, 4) is 16.9 Å². The minimum Gasteiger partial charge on any atom is -0.497 e. The van der Waals surface area contributed by atoms with Gasteiger partial charge >= 0.3 is 5.97 Å². The van der Waals surface area contributed by atoms with E-state index in [0.717, 1.165) is 23.3 Å². The average Bonchev–Trinajstić information content (AvgIpc) is 3.18. The van der Waals surface area contributed by atoms with Crippen molar-refractivity contribution in [1.29, 1.82) is 0 Å². The number of carbonyl (C=O) groups is 1. The van der Waals surface area contributed by atoms with Crippen LogP contribution < -0.4 is 4.74 Å². The molecule has 0 radical (unpaired) electrons. The highest BCUT2D eigenvalue weighted by Gasteiger charge is 2.33. The van der Waals surface area contributed by atoms with Gasteiger partial charge in [0.05, 0.1) is 12.7 Å². The van der Waals surface area contributed by atoms with Crippen LogP contribution in [0.15, 0.2) is 60.7 Å². The van der Waals surface area contributed by atoms with Crippen molar-refractivity contribution in [2.45, 2.75) is 12.5 Å². The third-order valence-electron chi connectivity index (χ3n) is 5.11. The first-order valence-corrected chi connectivity index (χ1v) is 8.34. The van der Waals surface area contributed by atoms with Crippen molar-refractivity contribution < 1.29 is 14.3 Å². The van der Waals surface area contributed by atoms with Crippen LogP contribution in [-0.4, -0.2) is 13.1 Å². The van der Waals surface area contributed by atoms with E-state index in [1.54, 1.807) is 19.2 Å². The van der Waals surface area contributed by atoms with Crippen LogP contribution in [0.2, 0.25) is 0 Å². The summed E-state index contributed by atoms with van der Waals surface area (Å²) in [6.07, 6.45) is 0.553.